The first-order valence-electron chi connectivity index (χ1n) is 12.9. The minimum absolute atomic E-state index is 0.542. The molecule has 0 atom stereocenters. The standard InChI is InChI=1S/C36H20O2/c1-3-7-27-21(5-1)9-11-23-13-15-25-17-18-29-34(32(25)30(23)27)35-33-26(19-20-37-36(35)38-29)16-14-24-12-10-22-6-2-4-8-28(22)31(24)33/h1-20H. The van der Waals surface area contributed by atoms with E-state index in [2.05, 4.69) is 115 Å². The highest BCUT2D eigenvalue weighted by molar-refractivity contribution is 6.31. The number of hydrogen-bond acceptors (Lipinski definition) is 2. The van der Waals surface area contributed by atoms with Crippen molar-refractivity contribution in [2.75, 3.05) is 0 Å². The molecule has 1 aromatic heterocycles. The van der Waals surface area contributed by atoms with Crippen molar-refractivity contribution in [3.63, 3.8) is 0 Å². The van der Waals surface area contributed by atoms with Crippen LogP contribution in [0.25, 0.3) is 82.0 Å². The molecule has 2 heterocycles. The largest absolute Gasteiger partial charge is 0.433 e. The van der Waals surface area contributed by atoms with E-state index >= 15 is 0 Å². The number of rotatable bonds is 0. The van der Waals surface area contributed by atoms with E-state index in [-0.39, 0.29) is 0 Å². The minimum Gasteiger partial charge on any atom is -0.433 e. The zero-order chi connectivity index (χ0) is 24.8. The number of furan rings is 1. The van der Waals surface area contributed by atoms with Gasteiger partial charge in [-0.05, 0) is 66.2 Å². The molecule has 1 aliphatic rings. The van der Waals surface area contributed by atoms with Crippen molar-refractivity contribution in [2.45, 2.75) is 0 Å². The first kappa shape index (κ1) is 20.0. The monoisotopic (exact) mass is 484 g/mol. The van der Waals surface area contributed by atoms with Gasteiger partial charge in [0.25, 0.3) is 5.95 Å². The summed E-state index contributed by atoms with van der Waals surface area (Å²) in [6, 6.07) is 39.2. The zero-order valence-electron chi connectivity index (χ0n) is 20.4. The quantitative estimate of drug-likeness (QED) is 0.200. The number of benzene rings is 7. The summed E-state index contributed by atoms with van der Waals surface area (Å²) in [5.74, 6) is 0.542. The van der Waals surface area contributed by atoms with E-state index in [1.54, 1.807) is 6.26 Å². The van der Waals surface area contributed by atoms with Crippen LogP contribution < -0.4 is 4.74 Å². The summed E-state index contributed by atoms with van der Waals surface area (Å²) >= 11 is 0. The lowest BCUT2D eigenvalue weighted by Gasteiger charge is -2.14. The maximum Gasteiger partial charge on any atom is 0.298 e. The molecule has 1 aliphatic heterocycles. The van der Waals surface area contributed by atoms with Gasteiger partial charge in [-0.15, -0.1) is 0 Å². The van der Waals surface area contributed by atoms with Crippen molar-refractivity contribution in [3.8, 4) is 17.1 Å². The van der Waals surface area contributed by atoms with Gasteiger partial charge in [-0.2, -0.15) is 0 Å². The van der Waals surface area contributed by atoms with Crippen LogP contribution in [0.15, 0.2) is 120 Å². The Bertz CT molecular complexity index is 2310. The van der Waals surface area contributed by atoms with E-state index in [9.17, 15) is 0 Å². The molecule has 0 bridgehead atoms. The lowest BCUT2D eigenvalue weighted by Crippen LogP contribution is -1.89. The van der Waals surface area contributed by atoms with Gasteiger partial charge in [0.1, 0.15) is 5.58 Å². The third-order valence-corrected chi connectivity index (χ3v) is 8.12. The summed E-state index contributed by atoms with van der Waals surface area (Å²) in [5.41, 5.74) is 4.14. The van der Waals surface area contributed by atoms with Gasteiger partial charge in [0.2, 0.25) is 0 Å². The smallest absolute Gasteiger partial charge is 0.298 e. The van der Waals surface area contributed by atoms with Gasteiger partial charge in [-0.25, -0.2) is 0 Å². The van der Waals surface area contributed by atoms with Crippen LogP contribution in [0, 0.1) is 0 Å². The van der Waals surface area contributed by atoms with E-state index in [1.807, 2.05) is 0 Å². The normalized spacial score (nSPS) is 12.8. The van der Waals surface area contributed by atoms with Crippen LogP contribution in [0.4, 0.5) is 0 Å². The van der Waals surface area contributed by atoms with Crippen molar-refractivity contribution < 1.29 is 9.15 Å². The molecular formula is C36H20O2. The van der Waals surface area contributed by atoms with E-state index in [0.717, 1.165) is 27.7 Å². The van der Waals surface area contributed by atoms with Crippen LogP contribution >= 0.6 is 0 Å². The van der Waals surface area contributed by atoms with Gasteiger partial charge in [0.05, 0.1) is 11.8 Å². The maximum absolute atomic E-state index is 6.48. The van der Waals surface area contributed by atoms with E-state index in [1.165, 1.54) is 53.9 Å². The van der Waals surface area contributed by atoms with Gasteiger partial charge >= 0.3 is 0 Å². The Morgan fingerprint density at radius 1 is 0.421 bits per heavy atom. The Balaban J connectivity index is 1.58. The summed E-state index contributed by atoms with van der Waals surface area (Å²) in [4.78, 5) is 0. The van der Waals surface area contributed by atoms with Gasteiger partial charge in [0.15, 0.2) is 0 Å². The third kappa shape index (κ3) is 2.56. The summed E-state index contributed by atoms with van der Waals surface area (Å²) < 4.78 is 12.7. The van der Waals surface area contributed by atoms with Crippen molar-refractivity contribution in [1.29, 1.82) is 0 Å². The van der Waals surface area contributed by atoms with Gasteiger partial charge in [-0.1, -0.05) is 103 Å². The summed E-state index contributed by atoms with van der Waals surface area (Å²) in [5, 5.41) is 13.3. The molecule has 2 nitrogen and oxygen atoms in total. The van der Waals surface area contributed by atoms with Crippen molar-refractivity contribution in [3.05, 3.63) is 121 Å². The second-order valence-electron chi connectivity index (χ2n) is 10.1. The highest BCUT2D eigenvalue weighted by atomic mass is 16.6. The Kier molecular flexibility index (Phi) is 3.82. The molecule has 0 fully saturated rings. The number of hydrogen-bond donors (Lipinski definition) is 0. The fourth-order valence-electron chi connectivity index (χ4n) is 6.48. The van der Waals surface area contributed by atoms with Crippen molar-refractivity contribution >= 4 is 70.9 Å². The van der Waals surface area contributed by atoms with Gasteiger partial charge < -0.3 is 9.15 Å². The van der Waals surface area contributed by atoms with Gasteiger partial charge in [-0.3, -0.25) is 0 Å². The molecule has 0 spiro atoms. The minimum atomic E-state index is 0.542. The third-order valence-electron chi connectivity index (χ3n) is 8.12. The Labute approximate surface area is 218 Å². The fraction of sp³-hybridized carbons (Fsp3) is 0. The molecule has 9 rings (SSSR count). The molecule has 7 aromatic carbocycles. The molecule has 0 amide bonds. The molecule has 2 heteroatoms. The Morgan fingerprint density at radius 2 is 1.00 bits per heavy atom. The predicted octanol–water partition coefficient (Wildman–Crippen LogP) is 10.2. The average molecular weight is 485 g/mol. The summed E-state index contributed by atoms with van der Waals surface area (Å²) in [7, 11) is 0. The van der Waals surface area contributed by atoms with Crippen LogP contribution in [0.5, 0.6) is 5.95 Å². The van der Waals surface area contributed by atoms with Crippen molar-refractivity contribution in [1.82, 2.24) is 0 Å². The van der Waals surface area contributed by atoms with E-state index in [0.29, 0.717) is 5.95 Å². The van der Waals surface area contributed by atoms with Crippen LogP contribution in [-0.2, 0) is 0 Å². The molecule has 38 heavy (non-hydrogen) atoms. The second-order valence-corrected chi connectivity index (χ2v) is 10.1. The summed E-state index contributed by atoms with van der Waals surface area (Å²) in [6.07, 6.45) is 3.80. The highest BCUT2D eigenvalue weighted by Gasteiger charge is 2.26. The molecule has 0 aliphatic carbocycles. The molecule has 8 aromatic rings. The predicted molar refractivity (Wildman–Crippen MR) is 159 cm³/mol. The SMILES string of the molecule is C1=Cc2ccc3ccc4ccccc4c3c2-c2c(oc3ccc4ccc5ccc6ccccc6c5c4c23)O1. The van der Waals surface area contributed by atoms with E-state index in [4.69, 9.17) is 9.15 Å². The topological polar surface area (TPSA) is 22.4 Å². The molecule has 0 saturated carbocycles. The van der Waals surface area contributed by atoms with Crippen LogP contribution in [0.1, 0.15) is 5.56 Å². The molecular weight excluding hydrogens is 464 g/mol. The Hall–Kier alpha value is -5.08. The second kappa shape index (κ2) is 7.24. The average Bonchev–Trinajstić information content (AvgIpc) is 3.24. The van der Waals surface area contributed by atoms with Gasteiger partial charge in [0, 0.05) is 16.3 Å². The molecule has 0 saturated heterocycles. The van der Waals surface area contributed by atoms with E-state index < -0.39 is 0 Å². The lowest BCUT2D eigenvalue weighted by atomic mass is 9.87. The van der Waals surface area contributed by atoms with Crippen LogP contribution in [-0.4, -0.2) is 0 Å². The molecule has 0 N–H and O–H groups in total. The number of ether oxygens (including phenoxy) is 1. The van der Waals surface area contributed by atoms with Crippen LogP contribution in [0.3, 0.4) is 0 Å². The first-order chi connectivity index (χ1) is 18.8. The molecule has 0 radical (unpaired) electrons. The summed E-state index contributed by atoms with van der Waals surface area (Å²) in [6.45, 7) is 0. The fourth-order valence-corrected chi connectivity index (χ4v) is 6.48. The highest BCUT2D eigenvalue weighted by Crippen LogP contribution is 2.51. The first-order valence-corrected chi connectivity index (χ1v) is 12.9. The lowest BCUT2D eigenvalue weighted by molar-refractivity contribution is 0.363. The maximum atomic E-state index is 6.48. The van der Waals surface area contributed by atoms with Crippen molar-refractivity contribution in [2.24, 2.45) is 0 Å². The zero-order valence-corrected chi connectivity index (χ0v) is 20.4. The number of fused-ring (bicyclic) bond motifs is 15. The Morgan fingerprint density at radius 3 is 1.76 bits per heavy atom. The molecule has 176 valence electrons. The van der Waals surface area contributed by atoms with Crippen LogP contribution in [0.2, 0.25) is 0 Å². The molecule has 0 unspecified atom stereocenters.